The van der Waals surface area contributed by atoms with Crippen LogP contribution in [0.15, 0.2) is 60.7 Å². The number of hydrogen-bond donors (Lipinski definition) is 2. The van der Waals surface area contributed by atoms with Gasteiger partial charge in [-0.15, -0.1) is 0 Å². The lowest BCUT2D eigenvalue weighted by molar-refractivity contribution is -0.190. The van der Waals surface area contributed by atoms with Crippen molar-refractivity contribution < 1.29 is 253 Å². The summed E-state index contributed by atoms with van der Waals surface area (Å²) in [6.45, 7) is 29.1. The van der Waals surface area contributed by atoms with Crippen LogP contribution in [-0.4, -0.2) is 312 Å². The first kappa shape index (κ1) is 128. The molecule has 796 valence electrons. The summed E-state index contributed by atoms with van der Waals surface area (Å²) in [6, 6.07) is 17.5. The minimum atomic E-state index is -1.72. The van der Waals surface area contributed by atoms with E-state index in [1.54, 1.807) is 60.7 Å². The van der Waals surface area contributed by atoms with E-state index < -0.39 is 302 Å². The van der Waals surface area contributed by atoms with Crippen molar-refractivity contribution in [2.45, 2.75) is 340 Å². The van der Waals surface area contributed by atoms with E-state index in [1.165, 1.54) is 41.5 Å². The van der Waals surface area contributed by atoms with Gasteiger partial charge >= 0.3 is 155 Å². The fourth-order valence-corrected chi connectivity index (χ4v) is 8.97. The lowest BCUT2D eigenvalue weighted by Crippen LogP contribution is -2.40. The van der Waals surface area contributed by atoms with Crippen LogP contribution in [0.2, 0.25) is 0 Å². The standard InChI is InChI=1S/C45H58O26.C25H32O13.C20H28O14/c1-20(34(47)59-19-33-17-15-14-16-18-33)61-36(49)22(3)63-38(51)24(5)65-40(53)26(7)67-42(55)28(9)69-44(57)30(11)71-45(58)31(12)70-43(56)29(10)68-41(54)27(8)66-39(52)25(6)64-37(50)23(4)62-35(48)21(2)60-32(13)46;1-13(26)20(27)34-15(3)22(29)36-17(5)24(31)38-18(6)25(32)37-16(4)23(30)35-14(2)21(28)33-12-19-10-8-7-9-11-19;1-8(15(22)23)30-17(25)10(3)32-19(27)12(5)34-20(28)13(6)33-18(26)11(4)31-16(24)9(2)29-14(7)21/h14-18,20-31H,19H2,1-13H3;7-11,13-18,26H,12H2,1-6H3;8-13H,1-7H3,(H,22,23)/t20-,21-,22-,23-,24-,25-,26-,27-,28-,29-,30-,31-;13-,14-,15-,16-,17-,18-;8-,9-,10-,11-,12-,13-/m000/s1. The van der Waals surface area contributed by atoms with Gasteiger partial charge in [-0.1, -0.05) is 60.7 Å². The number of carbonyl (C=O) groups excluding carboxylic acids is 25. The average molecular weight is 2050 g/mol. The molecule has 0 fully saturated rings. The number of carbonyl (C=O) groups is 26. The molecule has 2 aromatic rings. The van der Waals surface area contributed by atoms with Gasteiger partial charge in [0.15, 0.2) is 140 Å². The smallest absolute Gasteiger partial charge is 0.347 e. The number of hydrogen-bond acceptors (Lipinski definition) is 52. The van der Waals surface area contributed by atoms with Crippen molar-refractivity contribution in [3.05, 3.63) is 71.8 Å². The largest absolute Gasteiger partial charge is 0.479 e. The van der Waals surface area contributed by atoms with Gasteiger partial charge < -0.3 is 129 Å². The maximum atomic E-state index is 12.6. The van der Waals surface area contributed by atoms with Crippen LogP contribution in [0.5, 0.6) is 0 Å². The fraction of sp³-hybridized carbons (Fsp3) is 0.578. The Bertz CT molecular complexity index is 4770. The summed E-state index contributed by atoms with van der Waals surface area (Å²) in [5, 5.41) is 17.8. The fourth-order valence-electron chi connectivity index (χ4n) is 8.97. The number of aliphatic carboxylic acids is 1. The molecule has 0 heterocycles. The average Bonchev–Trinajstić information content (AvgIpc) is 0.890. The summed E-state index contributed by atoms with van der Waals surface area (Å²) in [4.78, 5) is 313. The van der Waals surface area contributed by atoms with Crippen LogP contribution in [-0.2, 0) is 256 Å². The molecule has 53 heteroatoms. The highest BCUT2D eigenvalue weighted by molar-refractivity contribution is 5.93. The first-order valence-corrected chi connectivity index (χ1v) is 43.2. The van der Waals surface area contributed by atoms with Crippen LogP contribution in [0.25, 0.3) is 0 Å². The number of ether oxygens (including phenoxy) is 25. The lowest BCUT2D eigenvalue weighted by Gasteiger charge is -2.21. The number of aliphatic hydroxyl groups excluding tert-OH is 1. The van der Waals surface area contributed by atoms with E-state index >= 15 is 0 Å². The Hall–Kier alpha value is -15.4. The van der Waals surface area contributed by atoms with Crippen LogP contribution >= 0.6 is 0 Å². The van der Waals surface area contributed by atoms with Gasteiger partial charge in [0.2, 0.25) is 0 Å². The van der Waals surface area contributed by atoms with Gasteiger partial charge in [-0.2, -0.15) is 0 Å². The van der Waals surface area contributed by atoms with E-state index in [0.29, 0.717) is 5.56 Å². The Morgan fingerprint density at radius 3 is 0.406 bits per heavy atom. The molecule has 0 aliphatic heterocycles. The molecule has 143 heavy (non-hydrogen) atoms. The number of esters is 25. The normalized spacial score (nSPS) is 15.7. The van der Waals surface area contributed by atoms with Crippen LogP contribution in [0.4, 0.5) is 0 Å². The minimum Gasteiger partial charge on any atom is -0.479 e. The molecular weight excluding hydrogens is 1930 g/mol. The predicted molar refractivity (Wildman–Crippen MR) is 461 cm³/mol. The third-order valence-corrected chi connectivity index (χ3v) is 17.3. The molecule has 0 aliphatic carbocycles. The third-order valence-electron chi connectivity index (χ3n) is 17.3. The Kier molecular flexibility index (Phi) is 56.5. The zero-order valence-electron chi connectivity index (χ0n) is 82.8. The molecule has 24 atom stereocenters. The highest BCUT2D eigenvalue weighted by Gasteiger charge is 2.40. The molecule has 0 saturated heterocycles. The quantitative estimate of drug-likeness (QED) is 0.0698. The van der Waals surface area contributed by atoms with Gasteiger partial charge in [-0.25, -0.2) is 115 Å². The van der Waals surface area contributed by atoms with Gasteiger partial charge in [-0.05, 0) is 177 Å². The highest BCUT2D eigenvalue weighted by Crippen LogP contribution is 2.18. The Morgan fingerprint density at radius 1 is 0.175 bits per heavy atom. The van der Waals surface area contributed by atoms with Gasteiger partial charge in [0.25, 0.3) is 0 Å². The van der Waals surface area contributed by atoms with Crippen molar-refractivity contribution in [3.63, 3.8) is 0 Å². The summed E-state index contributed by atoms with van der Waals surface area (Å²) in [5.74, 6) is -29.1. The monoisotopic (exact) mass is 2050 g/mol. The molecule has 2 rings (SSSR count). The molecule has 0 bridgehead atoms. The summed E-state index contributed by atoms with van der Waals surface area (Å²) in [5.41, 5.74) is 1.43. The molecule has 0 aliphatic rings. The maximum Gasteiger partial charge on any atom is 0.347 e. The van der Waals surface area contributed by atoms with E-state index in [1.807, 2.05) is 0 Å². The molecule has 0 amide bonds. The van der Waals surface area contributed by atoms with Crippen LogP contribution in [0.3, 0.4) is 0 Å². The number of aliphatic hydroxyl groups is 1. The summed E-state index contributed by atoms with van der Waals surface area (Å²) >= 11 is 0. The van der Waals surface area contributed by atoms with E-state index in [-0.39, 0.29) is 13.2 Å². The van der Waals surface area contributed by atoms with Crippen LogP contribution in [0.1, 0.15) is 191 Å². The SMILES string of the molecule is CC(=O)O[C@@H](C)C(=O)O[C@@H](C)C(=O)O[C@@H](C)C(=O)O[C@@H](C)C(=O)O[C@@H](C)C(=O)O[C@@H](C)C(=O)O.CC(=O)O[C@@H](C)C(=O)O[C@@H](C)C(=O)O[C@@H](C)C(=O)O[C@@H](C)C(=O)O[C@@H](C)C(=O)O[C@@H](C)C(=O)O[C@@H](C)C(=O)O[C@@H](C)C(=O)O[C@@H](C)C(=O)O[C@@H](C)C(=O)O[C@@H](C)C(=O)O[C@@H](C)C(=O)OCc1ccccc1.C[C@H](O)C(=O)O[C@@H](C)C(=O)O[C@@H](C)C(=O)O[C@@H](C)C(=O)O[C@@H](C)C(=O)O[C@@H](C)C(=O)OCc1ccccc1. The van der Waals surface area contributed by atoms with Crippen molar-refractivity contribution in [1.82, 2.24) is 0 Å². The molecule has 53 nitrogen and oxygen atoms in total. The molecular formula is C90H118O53. The van der Waals surface area contributed by atoms with Gasteiger partial charge in [0.1, 0.15) is 19.3 Å². The number of benzene rings is 2. The van der Waals surface area contributed by atoms with Crippen molar-refractivity contribution in [2.24, 2.45) is 0 Å². The Balaban J connectivity index is 0.00000234. The van der Waals surface area contributed by atoms with Crippen molar-refractivity contribution in [2.75, 3.05) is 0 Å². The second kappa shape index (κ2) is 63.3. The number of carboxylic acid groups (broad SMARTS) is 1. The van der Waals surface area contributed by atoms with Crippen molar-refractivity contribution in [1.29, 1.82) is 0 Å². The first-order chi connectivity index (χ1) is 66.2. The van der Waals surface area contributed by atoms with Crippen molar-refractivity contribution in [3.8, 4) is 0 Å². The molecule has 0 spiro atoms. The molecule has 0 aromatic heterocycles. The molecule has 2 N–H and O–H groups in total. The third kappa shape index (κ3) is 49.8. The van der Waals surface area contributed by atoms with E-state index in [0.717, 1.165) is 144 Å². The van der Waals surface area contributed by atoms with Crippen LogP contribution in [0, 0.1) is 0 Å². The summed E-state index contributed by atoms with van der Waals surface area (Å²) in [6.07, 6.45) is -36.6. The zero-order chi connectivity index (χ0) is 110. The van der Waals surface area contributed by atoms with Crippen molar-refractivity contribution >= 4 is 155 Å². The van der Waals surface area contributed by atoms with E-state index in [9.17, 15) is 125 Å². The number of rotatable bonds is 51. The highest BCUT2D eigenvalue weighted by atomic mass is 16.7. The minimum absolute atomic E-state index is 0.0192. The second-order valence-corrected chi connectivity index (χ2v) is 30.4. The Morgan fingerprint density at radius 2 is 0.287 bits per heavy atom. The van der Waals surface area contributed by atoms with E-state index in [2.05, 4.69) is 18.9 Å². The maximum absolute atomic E-state index is 12.6. The molecule has 0 saturated carbocycles. The van der Waals surface area contributed by atoms with E-state index in [4.69, 9.17) is 110 Å². The summed E-state index contributed by atoms with van der Waals surface area (Å²) in [7, 11) is 0. The number of carboxylic acids is 1. The van der Waals surface area contributed by atoms with Gasteiger partial charge in [0, 0.05) is 13.8 Å². The predicted octanol–water partition coefficient (Wildman–Crippen LogP) is 1.38. The van der Waals surface area contributed by atoms with Crippen LogP contribution < -0.4 is 0 Å². The molecule has 2 aromatic carbocycles. The first-order valence-electron chi connectivity index (χ1n) is 43.2. The summed E-state index contributed by atoms with van der Waals surface area (Å²) < 4.78 is 122. The molecule has 0 unspecified atom stereocenters. The lowest BCUT2D eigenvalue weighted by atomic mass is 10.2. The Labute approximate surface area is 817 Å². The molecule has 0 radical (unpaired) electrons. The zero-order valence-corrected chi connectivity index (χ0v) is 82.8. The second-order valence-electron chi connectivity index (χ2n) is 30.4. The van der Waals surface area contributed by atoms with Gasteiger partial charge in [0.05, 0.1) is 0 Å². The topological polar surface area (TPSA) is 715 Å². The van der Waals surface area contributed by atoms with Gasteiger partial charge in [-0.3, -0.25) is 9.59 Å².